The Labute approximate surface area is 113 Å². The molecule has 0 spiro atoms. The van der Waals surface area contributed by atoms with E-state index in [0.717, 1.165) is 6.20 Å². The van der Waals surface area contributed by atoms with E-state index in [4.69, 9.17) is 20.4 Å². The molecule has 2 atom stereocenters. The Morgan fingerprint density at radius 2 is 1.20 bits per heavy atom. The standard InChI is InChI=1S/C10H13NO8.H3N/c1-2-11(5(9(16)17)3-7(12)13)6(10(18)19)4-8(14)15;/h2,5-6H,1,3-4H2,(H,12,13)(H,14,15)(H,16,17)(H,18,19);1H3. The van der Waals surface area contributed by atoms with E-state index in [2.05, 4.69) is 6.58 Å². The van der Waals surface area contributed by atoms with Gasteiger partial charge in [0.25, 0.3) is 0 Å². The highest BCUT2D eigenvalue weighted by Crippen LogP contribution is 2.14. The third-order valence-corrected chi connectivity index (χ3v) is 2.24. The van der Waals surface area contributed by atoms with Gasteiger partial charge in [-0.2, -0.15) is 0 Å². The number of hydrogen-bond acceptors (Lipinski definition) is 6. The molecular weight excluding hydrogens is 276 g/mol. The van der Waals surface area contributed by atoms with Crippen molar-refractivity contribution in [3.63, 3.8) is 0 Å². The Balaban J connectivity index is 0. The van der Waals surface area contributed by atoms with Crippen LogP contribution in [0.25, 0.3) is 0 Å². The molecule has 0 rings (SSSR count). The molecule has 0 aromatic carbocycles. The van der Waals surface area contributed by atoms with Crippen molar-refractivity contribution < 1.29 is 39.6 Å². The lowest BCUT2D eigenvalue weighted by Gasteiger charge is -2.31. The molecule has 2 unspecified atom stereocenters. The van der Waals surface area contributed by atoms with Gasteiger partial charge < -0.3 is 31.5 Å². The third-order valence-electron chi connectivity index (χ3n) is 2.24. The lowest BCUT2D eigenvalue weighted by atomic mass is 10.1. The highest BCUT2D eigenvalue weighted by molar-refractivity contribution is 5.84. The first-order chi connectivity index (χ1) is 8.70. The second-order valence-electron chi connectivity index (χ2n) is 3.53. The Morgan fingerprint density at radius 1 is 0.900 bits per heavy atom. The van der Waals surface area contributed by atoms with Crippen molar-refractivity contribution in [2.24, 2.45) is 0 Å². The van der Waals surface area contributed by atoms with Crippen LogP contribution in [-0.2, 0) is 19.2 Å². The van der Waals surface area contributed by atoms with Crippen LogP contribution >= 0.6 is 0 Å². The Morgan fingerprint density at radius 3 is 1.35 bits per heavy atom. The van der Waals surface area contributed by atoms with E-state index in [-0.39, 0.29) is 6.15 Å². The lowest BCUT2D eigenvalue weighted by molar-refractivity contribution is -0.156. The number of carbonyl (C=O) groups is 4. The van der Waals surface area contributed by atoms with Gasteiger partial charge in [-0.1, -0.05) is 6.58 Å². The zero-order valence-electron chi connectivity index (χ0n) is 10.4. The summed E-state index contributed by atoms with van der Waals surface area (Å²) in [7, 11) is 0. The minimum atomic E-state index is -1.71. The van der Waals surface area contributed by atoms with E-state index >= 15 is 0 Å². The molecule has 0 saturated heterocycles. The van der Waals surface area contributed by atoms with Crippen molar-refractivity contribution >= 4 is 23.9 Å². The van der Waals surface area contributed by atoms with Gasteiger partial charge in [-0.15, -0.1) is 0 Å². The summed E-state index contributed by atoms with van der Waals surface area (Å²) in [4.78, 5) is 43.6. The fourth-order valence-corrected chi connectivity index (χ4v) is 1.44. The van der Waals surface area contributed by atoms with Crippen LogP contribution < -0.4 is 6.15 Å². The summed E-state index contributed by atoms with van der Waals surface area (Å²) < 4.78 is 0. The van der Waals surface area contributed by atoms with Crippen molar-refractivity contribution in [1.82, 2.24) is 11.1 Å². The summed E-state index contributed by atoms with van der Waals surface area (Å²) in [6.45, 7) is 3.20. The molecule has 10 nitrogen and oxygen atoms in total. The maximum Gasteiger partial charge on any atom is 0.326 e. The van der Waals surface area contributed by atoms with Gasteiger partial charge in [0.1, 0.15) is 12.1 Å². The molecule has 0 aromatic rings. The molecule has 114 valence electrons. The number of nitrogens with zero attached hydrogens (tertiary/aromatic N) is 1. The van der Waals surface area contributed by atoms with Crippen LogP contribution in [0.5, 0.6) is 0 Å². The summed E-state index contributed by atoms with van der Waals surface area (Å²) in [6.07, 6.45) is -0.959. The molecular formula is C10H16N2O8. The number of rotatable bonds is 9. The molecule has 0 saturated carbocycles. The smallest absolute Gasteiger partial charge is 0.326 e. The van der Waals surface area contributed by atoms with Crippen LogP contribution in [0.4, 0.5) is 0 Å². The zero-order valence-corrected chi connectivity index (χ0v) is 10.4. The normalized spacial score (nSPS) is 12.4. The molecule has 20 heavy (non-hydrogen) atoms. The van der Waals surface area contributed by atoms with Crippen LogP contribution in [0.3, 0.4) is 0 Å². The lowest BCUT2D eigenvalue weighted by Crippen LogP contribution is -2.49. The molecule has 0 fully saturated rings. The molecule has 10 heteroatoms. The molecule has 0 aromatic heterocycles. The largest absolute Gasteiger partial charge is 0.481 e. The van der Waals surface area contributed by atoms with Gasteiger partial charge in [0.15, 0.2) is 0 Å². The second kappa shape index (κ2) is 8.48. The maximum absolute atomic E-state index is 11.0. The van der Waals surface area contributed by atoms with E-state index < -0.39 is 48.8 Å². The minimum Gasteiger partial charge on any atom is -0.481 e. The minimum absolute atomic E-state index is 0. The molecule has 0 radical (unpaired) electrons. The molecule has 7 N–H and O–H groups in total. The topological polar surface area (TPSA) is 187 Å². The Hall–Kier alpha value is -2.62. The Kier molecular flexibility index (Phi) is 8.35. The predicted octanol–water partition coefficient (Wildman–Crippen LogP) is -0.550. The monoisotopic (exact) mass is 292 g/mol. The second-order valence-corrected chi connectivity index (χ2v) is 3.53. The van der Waals surface area contributed by atoms with Crippen molar-refractivity contribution in [2.45, 2.75) is 24.9 Å². The van der Waals surface area contributed by atoms with Crippen molar-refractivity contribution in [2.75, 3.05) is 0 Å². The number of hydrogen-bond donors (Lipinski definition) is 5. The highest BCUT2D eigenvalue weighted by Gasteiger charge is 2.35. The van der Waals surface area contributed by atoms with Crippen LogP contribution in [0.1, 0.15) is 12.8 Å². The van der Waals surface area contributed by atoms with Crippen LogP contribution in [0.2, 0.25) is 0 Å². The fourth-order valence-electron chi connectivity index (χ4n) is 1.44. The van der Waals surface area contributed by atoms with Gasteiger partial charge in [0.05, 0.1) is 12.8 Å². The van der Waals surface area contributed by atoms with E-state index in [1.54, 1.807) is 0 Å². The quantitative estimate of drug-likeness (QED) is 0.368. The van der Waals surface area contributed by atoms with Gasteiger partial charge in [-0.3, -0.25) is 9.59 Å². The summed E-state index contributed by atoms with van der Waals surface area (Å²) in [5.41, 5.74) is 0. The third kappa shape index (κ3) is 5.82. The van der Waals surface area contributed by atoms with Crippen molar-refractivity contribution in [1.29, 1.82) is 0 Å². The van der Waals surface area contributed by atoms with E-state index in [0.29, 0.717) is 4.90 Å². The summed E-state index contributed by atoms with van der Waals surface area (Å²) >= 11 is 0. The van der Waals surface area contributed by atoms with Crippen LogP contribution in [0.15, 0.2) is 12.8 Å². The summed E-state index contributed by atoms with van der Waals surface area (Å²) in [5.74, 6) is -6.09. The average molecular weight is 292 g/mol. The van der Waals surface area contributed by atoms with Gasteiger partial charge in [-0.05, 0) is 6.20 Å². The molecule has 0 bridgehead atoms. The van der Waals surface area contributed by atoms with Crippen LogP contribution in [0, 0.1) is 0 Å². The van der Waals surface area contributed by atoms with Gasteiger partial charge in [0.2, 0.25) is 0 Å². The SMILES string of the molecule is C=CN(C(CC(=O)O)C(=O)O)C(CC(=O)O)C(=O)O.N. The van der Waals surface area contributed by atoms with E-state index in [1.807, 2.05) is 0 Å². The highest BCUT2D eigenvalue weighted by atomic mass is 16.4. The van der Waals surface area contributed by atoms with Crippen molar-refractivity contribution in [3.8, 4) is 0 Å². The van der Waals surface area contributed by atoms with Gasteiger partial charge in [-0.25, -0.2) is 9.59 Å². The molecule has 0 aliphatic heterocycles. The Bertz CT molecular complexity index is 374. The maximum atomic E-state index is 11.0. The molecule has 0 aliphatic carbocycles. The molecule has 0 aliphatic rings. The predicted molar refractivity (Wildman–Crippen MR) is 64.4 cm³/mol. The zero-order chi connectivity index (χ0) is 15.2. The average Bonchev–Trinajstić information content (AvgIpc) is 2.25. The van der Waals surface area contributed by atoms with Crippen molar-refractivity contribution in [3.05, 3.63) is 12.8 Å². The summed E-state index contributed by atoms with van der Waals surface area (Å²) in [6, 6.07) is -3.43. The summed E-state index contributed by atoms with van der Waals surface area (Å²) in [5, 5.41) is 35.0. The van der Waals surface area contributed by atoms with E-state index in [1.165, 1.54) is 0 Å². The first kappa shape index (κ1) is 19.7. The van der Waals surface area contributed by atoms with E-state index in [9.17, 15) is 19.2 Å². The van der Waals surface area contributed by atoms with Gasteiger partial charge >= 0.3 is 23.9 Å². The number of carboxylic acids is 4. The molecule has 0 heterocycles. The number of aliphatic carboxylic acids is 4. The first-order valence-corrected chi connectivity index (χ1v) is 4.99. The first-order valence-electron chi connectivity index (χ1n) is 4.99. The van der Waals surface area contributed by atoms with Crippen LogP contribution in [-0.4, -0.2) is 61.3 Å². The van der Waals surface area contributed by atoms with Gasteiger partial charge in [0, 0.05) is 0 Å². The number of carboxylic acid groups (broad SMARTS) is 4. The fraction of sp³-hybridized carbons (Fsp3) is 0.400. The molecule has 0 amide bonds.